The highest BCUT2D eigenvalue weighted by atomic mass is 16.6. The van der Waals surface area contributed by atoms with Gasteiger partial charge in [-0.2, -0.15) is 0 Å². The second-order valence-corrected chi connectivity index (χ2v) is 8.38. The van der Waals surface area contributed by atoms with Crippen molar-refractivity contribution in [1.82, 2.24) is 14.9 Å². The molecule has 1 aromatic carbocycles. The van der Waals surface area contributed by atoms with E-state index in [4.69, 9.17) is 4.74 Å². The highest BCUT2D eigenvalue weighted by molar-refractivity contribution is 5.83. The van der Waals surface area contributed by atoms with Gasteiger partial charge in [0.1, 0.15) is 11.4 Å². The fourth-order valence-electron chi connectivity index (χ4n) is 3.90. The van der Waals surface area contributed by atoms with Gasteiger partial charge in [0.25, 0.3) is 0 Å². The van der Waals surface area contributed by atoms with Crippen LogP contribution in [0.5, 0.6) is 0 Å². The van der Waals surface area contributed by atoms with E-state index in [1.165, 1.54) is 16.7 Å². The van der Waals surface area contributed by atoms with Crippen molar-refractivity contribution in [2.24, 2.45) is 0 Å². The Labute approximate surface area is 160 Å². The number of ether oxygens (including phenoxy) is 1. The van der Waals surface area contributed by atoms with Gasteiger partial charge >= 0.3 is 6.09 Å². The van der Waals surface area contributed by atoms with Gasteiger partial charge in [-0.3, -0.25) is 4.90 Å². The van der Waals surface area contributed by atoms with Crippen molar-refractivity contribution in [2.45, 2.75) is 58.1 Å². The summed E-state index contributed by atoms with van der Waals surface area (Å²) in [6, 6.07) is 8.49. The molecule has 5 nitrogen and oxygen atoms in total. The van der Waals surface area contributed by atoms with Gasteiger partial charge in [0.2, 0.25) is 0 Å². The molecule has 2 aliphatic rings. The van der Waals surface area contributed by atoms with Gasteiger partial charge in [-0.25, -0.2) is 9.78 Å². The van der Waals surface area contributed by atoms with Gasteiger partial charge in [0.15, 0.2) is 0 Å². The molecule has 27 heavy (non-hydrogen) atoms. The third kappa shape index (κ3) is 3.77. The summed E-state index contributed by atoms with van der Waals surface area (Å²) >= 11 is 0. The lowest BCUT2D eigenvalue weighted by Gasteiger charge is -2.27. The second-order valence-electron chi connectivity index (χ2n) is 8.38. The van der Waals surface area contributed by atoms with Gasteiger partial charge in [-0.15, -0.1) is 0 Å². The first-order chi connectivity index (χ1) is 12.9. The van der Waals surface area contributed by atoms with E-state index < -0.39 is 5.60 Å². The molecule has 1 aliphatic carbocycles. The van der Waals surface area contributed by atoms with Crippen LogP contribution < -0.4 is 0 Å². The molecule has 2 heterocycles. The minimum absolute atomic E-state index is 0.0370. The lowest BCUT2D eigenvalue weighted by atomic mass is 9.91. The van der Waals surface area contributed by atoms with E-state index in [-0.39, 0.29) is 12.1 Å². The van der Waals surface area contributed by atoms with Gasteiger partial charge in [-0.1, -0.05) is 24.3 Å². The number of rotatable bonds is 2. The molecular formula is C22H27N3O2. The number of amides is 1. The van der Waals surface area contributed by atoms with E-state index >= 15 is 0 Å². The van der Waals surface area contributed by atoms with Crippen molar-refractivity contribution in [3.05, 3.63) is 53.1 Å². The first-order valence-electron chi connectivity index (χ1n) is 9.74. The van der Waals surface area contributed by atoms with Crippen LogP contribution in [0.2, 0.25) is 0 Å². The van der Waals surface area contributed by atoms with E-state index in [2.05, 4.69) is 40.3 Å². The Morgan fingerprint density at radius 2 is 2.07 bits per heavy atom. The molecule has 0 unspecified atom stereocenters. The number of aromatic nitrogens is 2. The number of carbonyl (C=O) groups excluding carboxylic acids is 1. The van der Waals surface area contributed by atoms with Crippen LogP contribution in [0.25, 0.3) is 11.6 Å². The third-order valence-corrected chi connectivity index (χ3v) is 5.19. The SMILES string of the molecule is CC(C)(C)OC(=O)N1CCC[C@H]1c1ncc(C2=Cc3ccccc3CC2)[nH]1. The van der Waals surface area contributed by atoms with Crippen molar-refractivity contribution in [3.63, 3.8) is 0 Å². The summed E-state index contributed by atoms with van der Waals surface area (Å²) in [7, 11) is 0. The zero-order chi connectivity index (χ0) is 19.0. The zero-order valence-electron chi connectivity index (χ0n) is 16.3. The van der Waals surface area contributed by atoms with Crippen molar-refractivity contribution < 1.29 is 9.53 Å². The van der Waals surface area contributed by atoms with Crippen LogP contribution in [0.1, 0.15) is 68.7 Å². The number of nitrogens with zero attached hydrogens (tertiary/aromatic N) is 2. The van der Waals surface area contributed by atoms with Crippen molar-refractivity contribution in [3.8, 4) is 0 Å². The van der Waals surface area contributed by atoms with Crippen molar-refractivity contribution in [1.29, 1.82) is 0 Å². The standard InChI is InChI=1S/C22H27N3O2/c1-22(2,3)27-21(26)25-12-6-9-19(25)20-23-14-18(24-20)17-11-10-15-7-4-5-8-16(15)13-17/h4-5,7-8,13-14,19H,6,9-12H2,1-3H3,(H,23,24)/t19-/m0/s1. The number of nitrogens with one attached hydrogen (secondary N) is 1. The fraction of sp³-hybridized carbons (Fsp3) is 0.455. The zero-order valence-corrected chi connectivity index (χ0v) is 16.3. The topological polar surface area (TPSA) is 58.2 Å². The maximum atomic E-state index is 12.5. The molecular weight excluding hydrogens is 338 g/mol. The summed E-state index contributed by atoms with van der Waals surface area (Å²) in [5.41, 5.74) is 4.52. The fourth-order valence-corrected chi connectivity index (χ4v) is 3.90. The van der Waals surface area contributed by atoms with Gasteiger partial charge in [0.05, 0.1) is 17.9 Å². The first-order valence-corrected chi connectivity index (χ1v) is 9.74. The molecule has 1 aliphatic heterocycles. The summed E-state index contributed by atoms with van der Waals surface area (Å²) in [6.45, 7) is 6.41. The Balaban J connectivity index is 1.54. The monoisotopic (exact) mass is 365 g/mol. The number of likely N-dealkylation sites (tertiary alicyclic amines) is 1. The number of carbonyl (C=O) groups is 1. The Hall–Kier alpha value is -2.56. The number of allylic oxidation sites excluding steroid dienone is 1. The molecule has 0 bridgehead atoms. The van der Waals surface area contributed by atoms with E-state index in [0.29, 0.717) is 6.54 Å². The number of imidazole rings is 1. The molecule has 0 spiro atoms. The number of aromatic amines is 1. The smallest absolute Gasteiger partial charge is 0.410 e. The summed E-state index contributed by atoms with van der Waals surface area (Å²) in [5, 5.41) is 0. The number of H-pyrrole nitrogens is 1. The molecule has 0 radical (unpaired) electrons. The van der Waals surface area contributed by atoms with Crippen LogP contribution in [0.4, 0.5) is 4.79 Å². The molecule has 1 atom stereocenters. The normalized spacial score (nSPS) is 19.6. The number of hydrogen-bond donors (Lipinski definition) is 1. The highest BCUT2D eigenvalue weighted by Crippen LogP contribution is 2.34. The van der Waals surface area contributed by atoms with Crippen molar-refractivity contribution in [2.75, 3.05) is 6.54 Å². The number of fused-ring (bicyclic) bond motifs is 1. The average molecular weight is 365 g/mol. The van der Waals surface area contributed by atoms with Crippen LogP contribution in [0, 0.1) is 0 Å². The predicted molar refractivity (Wildman–Crippen MR) is 106 cm³/mol. The van der Waals surface area contributed by atoms with Crippen LogP contribution in [-0.2, 0) is 11.2 Å². The maximum Gasteiger partial charge on any atom is 0.410 e. The molecule has 142 valence electrons. The van der Waals surface area contributed by atoms with E-state index in [9.17, 15) is 4.79 Å². The molecule has 1 fully saturated rings. The Bertz CT molecular complexity index is 876. The lowest BCUT2D eigenvalue weighted by molar-refractivity contribution is 0.0218. The van der Waals surface area contributed by atoms with Gasteiger partial charge < -0.3 is 9.72 Å². The molecule has 2 aromatic rings. The minimum Gasteiger partial charge on any atom is -0.444 e. The van der Waals surface area contributed by atoms with E-state index in [0.717, 1.165) is 37.2 Å². The largest absolute Gasteiger partial charge is 0.444 e. The predicted octanol–water partition coefficient (Wildman–Crippen LogP) is 4.97. The molecule has 1 saturated heterocycles. The Kier molecular flexibility index (Phi) is 4.54. The number of benzene rings is 1. The van der Waals surface area contributed by atoms with Crippen LogP contribution in [0.3, 0.4) is 0 Å². The molecule has 1 amide bonds. The molecule has 1 N–H and O–H groups in total. The lowest BCUT2D eigenvalue weighted by Crippen LogP contribution is -2.36. The average Bonchev–Trinajstić information content (AvgIpc) is 3.29. The van der Waals surface area contributed by atoms with E-state index in [1.54, 1.807) is 4.90 Å². The molecule has 0 saturated carbocycles. The summed E-state index contributed by atoms with van der Waals surface area (Å²) in [6.07, 6.45) is 7.82. The molecule has 5 heteroatoms. The summed E-state index contributed by atoms with van der Waals surface area (Å²) in [5.74, 6) is 0.855. The number of hydrogen-bond acceptors (Lipinski definition) is 3. The maximum absolute atomic E-state index is 12.5. The van der Waals surface area contributed by atoms with Gasteiger partial charge in [0, 0.05) is 6.54 Å². The minimum atomic E-state index is -0.487. The van der Waals surface area contributed by atoms with Gasteiger partial charge in [-0.05, 0) is 69.2 Å². The summed E-state index contributed by atoms with van der Waals surface area (Å²) in [4.78, 5) is 22.4. The quantitative estimate of drug-likeness (QED) is 0.817. The van der Waals surface area contributed by atoms with Crippen LogP contribution in [-0.4, -0.2) is 33.1 Å². The Morgan fingerprint density at radius 1 is 1.26 bits per heavy atom. The second kappa shape index (κ2) is 6.87. The first kappa shape index (κ1) is 17.8. The molecule has 4 rings (SSSR count). The Morgan fingerprint density at radius 3 is 2.89 bits per heavy atom. The highest BCUT2D eigenvalue weighted by Gasteiger charge is 2.34. The van der Waals surface area contributed by atoms with Crippen molar-refractivity contribution >= 4 is 17.7 Å². The third-order valence-electron chi connectivity index (χ3n) is 5.19. The van der Waals surface area contributed by atoms with E-state index in [1.807, 2.05) is 27.0 Å². The van der Waals surface area contributed by atoms with Crippen LogP contribution >= 0.6 is 0 Å². The van der Waals surface area contributed by atoms with Crippen LogP contribution in [0.15, 0.2) is 30.5 Å². The number of aryl methyl sites for hydroxylation is 1. The molecule has 1 aromatic heterocycles. The summed E-state index contributed by atoms with van der Waals surface area (Å²) < 4.78 is 5.57.